The van der Waals surface area contributed by atoms with E-state index in [1.54, 1.807) is 23.5 Å². The van der Waals surface area contributed by atoms with Crippen molar-refractivity contribution >= 4 is 21.6 Å². The predicted molar refractivity (Wildman–Crippen MR) is 66.1 cm³/mol. The molecule has 0 aliphatic carbocycles. The molecule has 2 N–H and O–H groups in total. The van der Waals surface area contributed by atoms with E-state index in [0.717, 1.165) is 28.1 Å². The molecular formula is C12H15FN2S. The number of hydrogen-bond donors (Lipinski definition) is 1. The molecule has 0 saturated heterocycles. The lowest BCUT2D eigenvalue weighted by atomic mass is 10.0. The van der Waals surface area contributed by atoms with E-state index in [0.29, 0.717) is 12.5 Å². The molecule has 2 rings (SSSR count). The second kappa shape index (κ2) is 4.89. The highest BCUT2D eigenvalue weighted by molar-refractivity contribution is 7.18. The summed E-state index contributed by atoms with van der Waals surface area (Å²) < 4.78 is 13.9. The molecule has 0 amide bonds. The SMILES string of the molecule is CCC(CN)Cc1nc2ccc(F)cc2s1. The fourth-order valence-electron chi connectivity index (χ4n) is 1.67. The standard InChI is InChI=1S/C12H15FN2S/c1-2-8(7-14)5-12-15-10-4-3-9(13)6-11(10)16-12/h3-4,6,8H,2,5,7,14H2,1H3. The van der Waals surface area contributed by atoms with Gasteiger partial charge in [0.1, 0.15) is 5.82 Å². The van der Waals surface area contributed by atoms with Crippen LogP contribution < -0.4 is 5.73 Å². The molecule has 1 atom stereocenters. The number of aromatic nitrogens is 1. The van der Waals surface area contributed by atoms with Crippen molar-refractivity contribution < 1.29 is 4.39 Å². The Morgan fingerprint density at radius 2 is 2.31 bits per heavy atom. The number of fused-ring (bicyclic) bond motifs is 1. The molecule has 1 aromatic carbocycles. The van der Waals surface area contributed by atoms with Crippen LogP contribution in [0.25, 0.3) is 10.2 Å². The summed E-state index contributed by atoms with van der Waals surface area (Å²) in [4.78, 5) is 4.49. The van der Waals surface area contributed by atoms with Crippen molar-refractivity contribution in [1.29, 1.82) is 0 Å². The van der Waals surface area contributed by atoms with Crippen molar-refractivity contribution in [2.75, 3.05) is 6.54 Å². The number of nitrogens with two attached hydrogens (primary N) is 1. The smallest absolute Gasteiger partial charge is 0.124 e. The Bertz CT molecular complexity index is 477. The lowest BCUT2D eigenvalue weighted by Gasteiger charge is -2.08. The maximum Gasteiger partial charge on any atom is 0.124 e. The van der Waals surface area contributed by atoms with Gasteiger partial charge in [0, 0.05) is 6.42 Å². The highest BCUT2D eigenvalue weighted by atomic mass is 32.1. The highest BCUT2D eigenvalue weighted by Crippen LogP contribution is 2.25. The van der Waals surface area contributed by atoms with E-state index >= 15 is 0 Å². The molecule has 0 aliphatic heterocycles. The highest BCUT2D eigenvalue weighted by Gasteiger charge is 2.10. The number of halogens is 1. The Morgan fingerprint density at radius 3 is 3.00 bits per heavy atom. The molecule has 0 bridgehead atoms. The van der Waals surface area contributed by atoms with Crippen LogP contribution in [0.15, 0.2) is 18.2 Å². The van der Waals surface area contributed by atoms with E-state index in [1.165, 1.54) is 6.07 Å². The van der Waals surface area contributed by atoms with Crippen molar-refractivity contribution in [3.05, 3.63) is 29.0 Å². The van der Waals surface area contributed by atoms with Gasteiger partial charge in [-0.25, -0.2) is 9.37 Å². The topological polar surface area (TPSA) is 38.9 Å². The first-order chi connectivity index (χ1) is 7.72. The zero-order chi connectivity index (χ0) is 11.5. The van der Waals surface area contributed by atoms with Gasteiger partial charge in [-0.05, 0) is 30.7 Å². The first-order valence-corrected chi connectivity index (χ1v) is 6.29. The van der Waals surface area contributed by atoms with Crippen LogP contribution >= 0.6 is 11.3 Å². The summed E-state index contributed by atoms with van der Waals surface area (Å²) >= 11 is 1.56. The van der Waals surface area contributed by atoms with Gasteiger partial charge >= 0.3 is 0 Å². The number of nitrogens with zero attached hydrogens (tertiary/aromatic N) is 1. The number of rotatable bonds is 4. The maximum atomic E-state index is 13.0. The van der Waals surface area contributed by atoms with Crippen LogP contribution in [0.2, 0.25) is 0 Å². The van der Waals surface area contributed by atoms with Gasteiger partial charge in [-0.3, -0.25) is 0 Å². The third-order valence-corrected chi connectivity index (χ3v) is 3.81. The number of benzene rings is 1. The van der Waals surface area contributed by atoms with Crippen molar-refractivity contribution in [2.24, 2.45) is 11.7 Å². The van der Waals surface area contributed by atoms with E-state index < -0.39 is 0 Å². The summed E-state index contributed by atoms with van der Waals surface area (Å²) in [6.45, 7) is 2.81. The van der Waals surface area contributed by atoms with Crippen LogP contribution in [0.4, 0.5) is 4.39 Å². The van der Waals surface area contributed by atoms with Crippen molar-refractivity contribution in [3.63, 3.8) is 0 Å². The Hall–Kier alpha value is -1.000. The largest absolute Gasteiger partial charge is 0.330 e. The third-order valence-electron chi connectivity index (χ3n) is 2.77. The first kappa shape index (κ1) is 11.5. The number of hydrogen-bond acceptors (Lipinski definition) is 3. The first-order valence-electron chi connectivity index (χ1n) is 5.48. The Labute approximate surface area is 98.3 Å². The Balaban J connectivity index is 2.25. The average Bonchev–Trinajstić information content (AvgIpc) is 2.67. The third kappa shape index (κ3) is 2.39. The van der Waals surface area contributed by atoms with E-state index in [9.17, 15) is 4.39 Å². The van der Waals surface area contributed by atoms with Crippen LogP contribution in [0, 0.1) is 11.7 Å². The van der Waals surface area contributed by atoms with E-state index in [1.807, 2.05) is 0 Å². The molecule has 2 nitrogen and oxygen atoms in total. The van der Waals surface area contributed by atoms with Crippen molar-refractivity contribution in [2.45, 2.75) is 19.8 Å². The summed E-state index contributed by atoms with van der Waals surface area (Å²) in [5, 5.41) is 1.05. The van der Waals surface area contributed by atoms with Gasteiger partial charge in [0.05, 0.1) is 15.2 Å². The molecule has 0 radical (unpaired) electrons. The van der Waals surface area contributed by atoms with Gasteiger partial charge < -0.3 is 5.73 Å². The predicted octanol–water partition coefficient (Wildman–Crippen LogP) is 2.96. The van der Waals surface area contributed by atoms with Gasteiger partial charge in [-0.1, -0.05) is 13.3 Å². The minimum absolute atomic E-state index is 0.200. The second-order valence-corrected chi connectivity index (χ2v) is 5.05. The summed E-state index contributed by atoms with van der Waals surface area (Å²) in [5.74, 6) is 0.277. The van der Waals surface area contributed by atoms with Gasteiger partial charge in [0.15, 0.2) is 0 Å². The van der Waals surface area contributed by atoms with Gasteiger partial charge in [0.25, 0.3) is 0 Å². The minimum atomic E-state index is -0.200. The fraction of sp³-hybridized carbons (Fsp3) is 0.417. The van der Waals surface area contributed by atoms with E-state index in [4.69, 9.17) is 5.73 Å². The summed E-state index contributed by atoms with van der Waals surface area (Å²) in [6, 6.07) is 4.72. The van der Waals surface area contributed by atoms with Crippen LogP contribution in [0.1, 0.15) is 18.4 Å². The summed E-state index contributed by atoms with van der Waals surface area (Å²) in [7, 11) is 0. The molecule has 1 aromatic heterocycles. The molecule has 0 fully saturated rings. The quantitative estimate of drug-likeness (QED) is 0.889. The maximum absolute atomic E-state index is 13.0. The van der Waals surface area contributed by atoms with Crippen LogP contribution in [0.5, 0.6) is 0 Å². The fourth-order valence-corrected chi connectivity index (χ4v) is 2.78. The van der Waals surface area contributed by atoms with Crippen molar-refractivity contribution in [1.82, 2.24) is 4.98 Å². The molecule has 4 heteroatoms. The zero-order valence-corrected chi connectivity index (χ0v) is 10.1. The molecule has 2 aromatic rings. The summed E-state index contributed by atoms with van der Waals surface area (Å²) in [5.41, 5.74) is 6.55. The van der Waals surface area contributed by atoms with Crippen LogP contribution in [0.3, 0.4) is 0 Å². The molecule has 0 spiro atoms. The second-order valence-electron chi connectivity index (χ2n) is 3.93. The normalized spacial score (nSPS) is 13.2. The van der Waals surface area contributed by atoms with Gasteiger partial charge in [0.2, 0.25) is 0 Å². The molecule has 0 aliphatic rings. The number of thiazole rings is 1. The molecule has 1 unspecified atom stereocenters. The van der Waals surface area contributed by atoms with E-state index in [-0.39, 0.29) is 5.82 Å². The Kier molecular flexibility index (Phi) is 3.51. The van der Waals surface area contributed by atoms with Gasteiger partial charge in [-0.15, -0.1) is 11.3 Å². The van der Waals surface area contributed by atoms with Gasteiger partial charge in [-0.2, -0.15) is 0 Å². The minimum Gasteiger partial charge on any atom is -0.330 e. The molecular weight excluding hydrogens is 223 g/mol. The molecule has 1 heterocycles. The molecule has 16 heavy (non-hydrogen) atoms. The lowest BCUT2D eigenvalue weighted by molar-refractivity contribution is 0.518. The average molecular weight is 238 g/mol. The lowest BCUT2D eigenvalue weighted by Crippen LogP contribution is -2.15. The summed E-state index contributed by atoms with van der Waals surface area (Å²) in [6.07, 6.45) is 1.95. The monoisotopic (exact) mass is 238 g/mol. The molecule has 86 valence electrons. The zero-order valence-electron chi connectivity index (χ0n) is 9.24. The van der Waals surface area contributed by atoms with E-state index in [2.05, 4.69) is 11.9 Å². The van der Waals surface area contributed by atoms with Crippen molar-refractivity contribution in [3.8, 4) is 0 Å². The van der Waals surface area contributed by atoms with Crippen LogP contribution in [-0.4, -0.2) is 11.5 Å². The van der Waals surface area contributed by atoms with Crippen LogP contribution in [-0.2, 0) is 6.42 Å². The Morgan fingerprint density at radius 1 is 1.50 bits per heavy atom. The molecule has 0 saturated carbocycles.